The maximum absolute atomic E-state index is 13.7. The molecule has 1 aromatic carbocycles. The standard InChI is InChI=1S/C11H11FN4OS3/c1-18-10-15-16-11(20-10)19-5-7-4-6(9(17)14-13)2-3-8(7)12/h2-4H,5,13H2,1H3,(H,14,17). The normalized spacial score (nSPS) is 10.6. The molecule has 0 bridgehead atoms. The number of rotatable bonds is 5. The SMILES string of the molecule is CSc1nnc(SCc2cc(C(=O)NN)ccc2F)s1. The molecule has 1 heterocycles. The average molecular weight is 330 g/mol. The molecule has 0 saturated carbocycles. The summed E-state index contributed by atoms with van der Waals surface area (Å²) in [7, 11) is 0. The Morgan fingerprint density at radius 2 is 2.20 bits per heavy atom. The molecular formula is C11H11FN4OS3. The summed E-state index contributed by atoms with van der Waals surface area (Å²) in [6, 6.07) is 4.14. The van der Waals surface area contributed by atoms with Crippen molar-refractivity contribution in [3.63, 3.8) is 0 Å². The van der Waals surface area contributed by atoms with Crippen LogP contribution in [0.3, 0.4) is 0 Å². The molecule has 0 fully saturated rings. The molecule has 0 spiro atoms. The topological polar surface area (TPSA) is 80.9 Å². The van der Waals surface area contributed by atoms with Crippen molar-refractivity contribution in [2.75, 3.05) is 6.26 Å². The van der Waals surface area contributed by atoms with Crippen LogP contribution in [0.4, 0.5) is 4.39 Å². The van der Waals surface area contributed by atoms with Crippen molar-refractivity contribution < 1.29 is 9.18 Å². The number of nitrogens with two attached hydrogens (primary N) is 1. The van der Waals surface area contributed by atoms with E-state index in [2.05, 4.69) is 10.2 Å². The van der Waals surface area contributed by atoms with Crippen LogP contribution in [0.1, 0.15) is 15.9 Å². The second-order valence-corrected chi connectivity index (χ2v) is 6.86. The Morgan fingerprint density at radius 3 is 2.85 bits per heavy atom. The monoisotopic (exact) mass is 330 g/mol. The number of nitrogens with zero attached hydrogens (tertiary/aromatic N) is 2. The molecule has 2 rings (SSSR count). The molecule has 0 saturated heterocycles. The molecule has 0 aliphatic heterocycles. The van der Waals surface area contributed by atoms with Gasteiger partial charge in [-0.05, 0) is 30.0 Å². The van der Waals surface area contributed by atoms with Crippen LogP contribution in [0.2, 0.25) is 0 Å². The third-order valence-corrected chi connectivity index (χ3v) is 5.43. The fraction of sp³-hybridized carbons (Fsp3) is 0.182. The van der Waals surface area contributed by atoms with E-state index in [-0.39, 0.29) is 5.82 Å². The van der Waals surface area contributed by atoms with E-state index >= 15 is 0 Å². The van der Waals surface area contributed by atoms with E-state index in [0.717, 1.165) is 8.68 Å². The van der Waals surface area contributed by atoms with E-state index in [1.165, 1.54) is 53.1 Å². The highest BCUT2D eigenvalue weighted by Crippen LogP contribution is 2.30. The molecule has 9 heteroatoms. The number of hydrazine groups is 1. The lowest BCUT2D eigenvalue weighted by molar-refractivity contribution is 0.0953. The maximum atomic E-state index is 13.7. The van der Waals surface area contributed by atoms with Crippen molar-refractivity contribution >= 4 is 40.8 Å². The van der Waals surface area contributed by atoms with Crippen molar-refractivity contribution in [2.24, 2.45) is 5.84 Å². The quantitative estimate of drug-likeness (QED) is 0.379. The lowest BCUT2D eigenvalue weighted by atomic mass is 10.1. The van der Waals surface area contributed by atoms with Gasteiger partial charge in [0, 0.05) is 11.3 Å². The van der Waals surface area contributed by atoms with E-state index in [1.807, 2.05) is 11.7 Å². The summed E-state index contributed by atoms with van der Waals surface area (Å²) in [5.41, 5.74) is 2.77. The van der Waals surface area contributed by atoms with Gasteiger partial charge in [0.15, 0.2) is 8.68 Å². The molecule has 106 valence electrons. The summed E-state index contributed by atoms with van der Waals surface area (Å²) in [6.07, 6.45) is 1.92. The third-order valence-electron chi connectivity index (χ3n) is 2.35. The maximum Gasteiger partial charge on any atom is 0.265 e. The molecule has 1 amide bonds. The fourth-order valence-corrected chi connectivity index (χ4v) is 3.80. The van der Waals surface area contributed by atoms with E-state index in [9.17, 15) is 9.18 Å². The lowest BCUT2D eigenvalue weighted by Crippen LogP contribution is -2.30. The minimum atomic E-state index is -0.447. The molecule has 2 aromatic rings. The lowest BCUT2D eigenvalue weighted by Gasteiger charge is -2.04. The van der Waals surface area contributed by atoms with Gasteiger partial charge in [0.1, 0.15) is 5.82 Å². The van der Waals surface area contributed by atoms with Crippen molar-refractivity contribution in [1.29, 1.82) is 0 Å². The van der Waals surface area contributed by atoms with Crippen LogP contribution in [0.15, 0.2) is 26.9 Å². The number of aromatic nitrogens is 2. The van der Waals surface area contributed by atoms with Crippen molar-refractivity contribution in [3.05, 3.63) is 35.1 Å². The molecule has 0 atom stereocenters. The summed E-state index contributed by atoms with van der Waals surface area (Å²) < 4.78 is 15.3. The first-order valence-electron chi connectivity index (χ1n) is 5.43. The Kier molecular flexibility index (Phi) is 5.35. The van der Waals surface area contributed by atoms with Gasteiger partial charge < -0.3 is 0 Å². The van der Waals surface area contributed by atoms with E-state index < -0.39 is 5.91 Å². The summed E-state index contributed by atoms with van der Waals surface area (Å²) in [6.45, 7) is 0. The van der Waals surface area contributed by atoms with Gasteiger partial charge in [0.05, 0.1) is 0 Å². The van der Waals surface area contributed by atoms with E-state index in [4.69, 9.17) is 5.84 Å². The Bertz CT molecular complexity index is 619. The third kappa shape index (κ3) is 3.69. The smallest absolute Gasteiger partial charge is 0.265 e. The molecule has 5 nitrogen and oxygen atoms in total. The zero-order valence-corrected chi connectivity index (χ0v) is 12.9. The number of hydrogen-bond donors (Lipinski definition) is 2. The predicted molar refractivity (Wildman–Crippen MR) is 79.3 cm³/mol. The van der Waals surface area contributed by atoms with Crippen LogP contribution in [0.5, 0.6) is 0 Å². The van der Waals surface area contributed by atoms with Gasteiger partial charge >= 0.3 is 0 Å². The van der Waals surface area contributed by atoms with E-state index in [0.29, 0.717) is 16.9 Å². The zero-order valence-electron chi connectivity index (χ0n) is 10.4. The van der Waals surface area contributed by atoms with E-state index in [1.54, 1.807) is 0 Å². The number of amides is 1. The summed E-state index contributed by atoms with van der Waals surface area (Å²) in [4.78, 5) is 11.4. The number of nitrogen functional groups attached to an aromatic ring is 1. The summed E-state index contributed by atoms with van der Waals surface area (Å²) >= 11 is 4.35. The number of nitrogens with one attached hydrogen (secondary N) is 1. The Balaban J connectivity index is 2.10. The first-order chi connectivity index (χ1) is 9.63. The van der Waals surface area contributed by atoms with Crippen LogP contribution in [0, 0.1) is 5.82 Å². The van der Waals surface area contributed by atoms with Gasteiger partial charge in [-0.2, -0.15) is 0 Å². The Hall–Kier alpha value is -1.16. The molecule has 20 heavy (non-hydrogen) atoms. The minimum Gasteiger partial charge on any atom is -0.290 e. The highest BCUT2D eigenvalue weighted by molar-refractivity contribution is 8.02. The van der Waals surface area contributed by atoms with Gasteiger partial charge in [-0.1, -0.05) is 34.9 Å². The molecule has 3 N–H and O–H groups in total. The van der Waals surface area contributed by atoms with Crippen LogP contribution < -0.4 is 11.3 Å². The van der Waals surface area contributed by atoms with Crippen LogP contribution in [-0.2, 0) is 5.75 Å². The average Bonchev–Trinajstić information content (AvgIpc) is 2.93. The van der Waals surface area contributed by atoms with Crippen LogP contribution >= 0.6 is 34.9 Å². The van der Waals surface area contributed by atoms with Crippen molar-refractivity contribution in [1.82, 2.24) is 15.6 Å². The first kappa shape index (κ1) is 15.2. The Morgan fingerprint density at radius 1 is 1.45 bits per heavy atom. The fourth-order valence-electron chi connectivity index (χ4n) is 1.39. The largest absolute Gasteiger partial charge is 0.290 e. The predicted octanol–water partition coefficient (Wildman–Crippen LogP) is 2.29. The molecule has 1 aromatic heterocycles. The number of halogens is 1. The van der Waals surface area contributed by atoms with Crippen LogP contribution in [-0.4, -0.2) is 22.4 Å². The molecule has 0 aliphatic carbocycles. The number of carbonyl (C=O) groups excluding carboxylic acids is 1. The Labute approximate surface area is 127 Å². The van der Waals surface area contributed by atoms with Gasteiger partial charge in [-0.15, -0.1) is 10.2 Å². The molecule has 0 radical (unpaired) electrons. The van der Waals surface area contributed by atoms with Crippen molar-refractivity contribution in [3.8, 4) is 0 Å². The molecule has 0 aliphatic rings. The van der Waals surface area contributed by atoms with Crippen molar-refractivity contribution in [2.45, 2.75) is 14.4 Å². The zero-order chi connectivity index (χ0) is 14.5. The first-order valence-corrected chi connectivity index (χ1v) is 8.46. The minimum absolute atomic E-state index is 0.326. The van der Waals surface area contributed by atoms with Gasteiger partial charge in [0.2, 0.25) is 0 Å². The number of benzene rings is 1. The number of hydrogen-bond acceptors (Lipinski definition) is 7. The summed E-state index contributed by atoms with van der Waals surface area (Å²) in [5.74, 6) is 4.63. The number of thioether (sulfide) groups is 2. The van der Waals surface area contributed by atoms with Crippen LogP contribution in [0.25, 0.3) is 0 Å². The van der Waals surface area contributed by atoms with Gasteiger partial charge in [-0.3, -0.25) is 10.2 Å². The highest BCUT2D eigenvalue weighted by atomic mass is 32.2. The molecule has 0 unspecified atom stereocenters. The second-order valence-electron chi connectivity index (χ2n) is 3.61. The number of carbonyl (C=O) groups is 1. The summed E-state index contributed by atoms with van der Waals surface area (Å²) in [5, 5.41) is 7.96. The van der Waals surface area contributed by atoms with Gasteiger partial charge in [-0.25, -0.2) is 10.2 Å². The second kappa shape index (κ2) is 7.02. The highest BCUT2D eigenvalue weighted by Gasteiger charge is 2.11. The van der Waals surface area contributed by atoms with Gasteiger partial charge in [0.25, 0.3) is 5.91 Å². The molecular weight excluding hydrogens is 319 g/mol.